The van der Waals surface area contributed by atoms with Crippen molar-refractivity contribution >= 4 is 86.6 Å². The van der Waals surface area contributed by atoms with Gasteiger partial charge in [0.25, 0.3) is 0 Å². The highest BCUT2D eigenvalue weighted by atomic mass is 35.5. The van der Waals surface area contributed by atoms with Crippen molar-refractivity contribution in [2.24, 2.45) is 0 Å². The van der Waals surface area contributed by atoms with Gasteiger partial charge in [-0.05, 0) is 64.0 Å². The second-order valence-corrected chi connectivity index (χ2v) is 13.3. The van der Waals surface area contributed by atoms with Crippen LogP contribution in [0.4, 0.5) is 0 Å². The second kappa shape index (κ2) is 10.2. The highest BCUT2D eigenvalue weighted by Gasteiger charge is 2.18. The Morgan fingerprint density at radius 2 is 1.19 bits per heavy atom. The first-order valence-electron chi connectivity index (χ1n) is 15.4. The molecule has 0 fully saturated rings. The van der Waals surface area contributed by atoms with Gasteiger partial charge in [-0.15, -0.1) is 11.3 Å². The van der Waals surface area contributed by atoms with Crippen LogP contribution in [0, 0.1) is 0 Å². The molecule has 3 aromatic heterocycles. The molecule has 0 bridgehead atoms. The van der Waals surface area contributed by atoms with Crippen molar-refractivity contribution in [2.75, 3.05) is 0 Å². The maximum atomic E-state index is 6.31. The molecule has 0 amide bonds. The van der Waals surface area contributed by atoms with Gasteiger partial charge in [-0.25, -0.2) is 15.0 Å². The average Bonchev–Trinajstić information content (AvgIpc) is 3.69. The molecule has 47 heavy (non-hydrogen) atoms. The summed E-state index contributed by atoms with van der Waals surface area (Å²) in [5.74, 6) is 1.90. The van der Waals surface area contributed by atoms with E-state index in [-0.39, 0.29) is 0 Å². The summed E-state index contributed by atoms with van der Waals surface area (Å²) in [6, 6.07) is 46.0. The Bertz CT molecular complexity index is 2890. The van der Waals surface area contributed by atoms with E-state index >= 15 is 0 Å². The highest BCUT2D eigenvalue weighted by molar-refractivity contribution is 7.25. The van der Waals surface area contributed by atoms with Crippen molar-refractivity contribution in [3.8, 4) is 34.2 Å². The third-order valence-electron chi connectivity index (χ3n) is 8.96. The minimum Gasteiger partial charge on any atom is -0.456 e. The third-order valence-corrected chi connectivity index (χ3v) is 10.3. The molecule has 0 aliphatic rings. The fourth-order valence-corrected chi connectivity index (χ4v) is 8.05. The highest BCUT2D eigenvalue weighted by Crippen LogP contribution is 2.41. The van der Waals surface area contributed by atoms with Crippen molar-refractivity contribution in [3.63, 3.8) is 0 Å². The predicted octanol–water partition coefficient (Wildman–Crippen LogP) is 12.1. The Balaban J connectivity index is 1.25. The number of benzene rings is 7. The lowest BCUT2D eigenvalue weighted by molar-refractivity contribution is 0.669. The quantitative estimate of drug-likeness (QED) is 0.193. The van der Waals surface area contributed by atoms with E-state index in [1.807, 2.05) is 24.3 Å². The Kier molecular flexibility index (Phi) is 5.77. The molecule has 0 radical (unpaired) electrons. The molecule has 0 saturated carbocycles. The Morgan fingerprint density at radius 3 is 2.09 bits per heavy atom. The van der Waals surface area contributed by atoms with E-state index in [1.165, 1.54) is 25.6 Å². The summed E-state index contributed by atoms with van der Waals surface area (Å²) in [6.45, 7) is 0. The van der Waals surface area contributed by atoms with E-state index in [4.69, 9.17) is 31.0 Å². The van der Waals surface area contributed by atoms with Gasteiger partial charge in [-0.2, -0.15) is 0 Å². The number of nitrogens with zero attached hydrogens (tertiary/aromatic N) is 3. The number of furan rings is 1. The van der Waals surface area contributed by atoms with E-state index < -0.39 is 0 Å². The molecule has 6 heteroatoms. The first kappa shape index (κ1) is 26.6. The summed E-state index contributed by atoms with van der Waals surface area (Å²) in [7, 11) is 0. The summed E-state index contributed by atoms with van der Waals surface area (Å²) in [5, 5.41) is 9.58. The first-order valence-corrected chi connectivity index (χ1v) is 16.6. The van der Waals surface area contributed by atoms with Gasteiger partial charge < -0.3 is 4.42 Å². The van der Waals surface area contributed by atoms with Crippen LogP contribution in [0.1, 0.15) is 0 Å². The molecular weight excluding hydrogens is 618 g/mol. The van der Waals surface area contributed by atoms with Crippen LogP contribution in [-0.4, -0.2) is 15.0 Å². The fraction of sp³-hybridized carbons (Fsp3) is 0. The zero-order valence-corrected chi connectivity index (χ0v) is 26.3. The number of hydrogen-bond acceptors (Lipinski definition) is 5. The van der Waals surface area contributed by atoms with Gasteiger partial charge in [0.1, 0.15) is 11.2 Å². The molecule has 7 aromatic carbocycles. The van der Waals surface area contributed by atoms with Gasteiger partial charge in [0.15, 0.2) is 17.5 Å². The lowest BCUT2D eigenvalue weighted by Gasteiger charge is -2.11. The zero-order chi connectivity index (χ0) is 31.1. The molecule has 220 valence electrons. The van der Waals surface area contributed by atoms with E-state index in [0.29, 0.717) is 22.5 Å². The minimum absolute atomic E-state index is 0.615. The normalized spacial score (nSPS) is 11.9. The standard InChI is InChI=1S/C41H22ClN3OS/c42-28-17-18-29-34(22-28)46-33-19-16-24-13-15-27(21-32(24)37(29)33)40-43-39(26-14-12-23-6-1-2-7-25(23)20-26)44-41(45-40)31-9-5-11-36-38(31)30-8-3-4-10-35(30)47-36/h1-22H. The van der Waals surface area contributed by atoms with Crippen LogP contribution in [-0.2, 0) is 0 Å². The summed E-state index contributed by atoms with van der Waals surface area (Å²) in [4.78, 5) is 15.5. The van der Waals surface area contributed by atoms with Crippen molar-refractivity contribution in [1.82, 2.24) is 15.0 Å². The second-order valence-electron chi connectivity index (χ2n) is 11.8. The molecule has 3 heterocycles. The minimum atomic E-state index is 0.615. The number of rotatable bonds is 3. The van der Waals surface area contributed by atoms with Crippen LogP contribution >= 0.6 is 22.9 Å². The molecule has 0 spiro atoms. The Labute approximate surface area is 277 Å². The van der Waals surface area contributed by atoms with Crippen LogP contribution < -0.4 is 0 Å². The summed E-state index contributed by atoms with van der Waals surface area (Å²) >= 11 is 8.10. The molecule has 0 aliphatic heterocycles. The number of thiophene rings is 1. The van der Waals surface area contributed by atoms with Gasteiger partial charge in [-0.3, -0.25) is 0 Å². The lowest BCUT2D eigenvalue weighted by atomic mass is 10.0. The largest absolute Gasteiger partial charge is 0.456 e. The first-order chi connectivity index (χ1) is 23.2. The fourth-order valence-electron chi connectivity index (χ4n) is 6.75. The Morgan fingerprint density at radius 1 is 0.468 bits per heavy atom. The van der Waals surface area contributed by atoms with Gasteiger partial charge >= 0.3 is 0 Å². The van der Waals surface area contributed by atoms with Crippen molar-refractivity contribution in [2.45, 2.75) is 0 Å². The van der Waals surface area contributed by atoms with E-state index in [1.54, 1.807) is 11.3 Å². The monoisotopic (exact) mass is 639 g/mol. The maximum Gasteiger partial charge on any atom is 0.164 e. The topological polar surface area (TPSA) is 51.8 Å². The zero-order valence-electron chi connectivity index (χ0n) is 24.7. The molecular formula is C41H22ClN3OS. The average molecular weight is 640 g/mol. The summed E-state index contributed by atoms with van der Waals surface area (Å²) in [6.07, 6.45) is 0. The number of aromatic nitrogens is 3. The summed E-state index contributed by atoms with van der Waals surface area (Å²) < 4.78 is 8.67. The molecule has 0 saturated heterocycles. The molecule has 0 N–H and O–H groups in total. The molecule has 4 nitrogen and oxygen atoms in total. The molecule has 0 aliphatic carbocycles. The number of halogens is 1. The van der Waals surface area contributed by atoms with Crippen molar-refractivity contribution in [1.29, 1.82) is 0 Å². The van der Waals surface area contributed by atoms with Gasteiger partial charge in [0.2, 0.25) is 0 Å². The van der Waals surface area contributed by atoms with Crippen LogP contribution in [0.2, 0.25) is 5.02 Å². The van der Waals surface area contributed by atoms with Gasteiger partial charge in [-0.1, -0.05) is 96.5 Å². The van der Waals surface area contributed by atoms with Crippen LogP contribution in [0.5, 0.6) is 0 Å². The smallest absolute Gasteiger partial charge is 0.164 e. The van der Waals surface area contributed by atoms with Crippen molar-refractivity contribution in [3.05, 3.63) is 138 Å². The van der Waals surface area contributed by atoms with E-state index in [2.05, 4.69) is 109 Å². The molecule has 0 unspecified atom stereocenters. The Hall–Kier alpha value is -5.62. The molecule has 10 rings (SSSR count). The number of fused-ring (bicyclic) bond motifs is 9. The predicted molar refractivity (Wildman–Crippen MR) is 196 cm³/mol. The SMILES string of the molecule is Clc1ccc2c(c1)oc1ccc3ccc(-c4nc(-c5ccc6ccccc6c5)nc(-c5cccc6sc7ccccc7c56)n4)cc3c12. The van der Waals surface area contributed by atoms with Crippen LogP contribution in [0.3, 0.4) is 0 Å². The van der Waals surface area contributed by atoms with E-state index in [9.17, 15) is 0 Å². The van der Waals surface area contributed by atoms with Crippen LogP contribution in [0.25, 0.3) is 97.8 Å². The van der Waals surface area contributed by atoms with Crippen molar-refractivity contribution < 1.29 is 4.42 Å². The lowest BCUT2D eigenvalue weighted by Crippen LogP contribution is -2.00. The molecule has 0 atom stereocenters. The van der Waals surface area contributed by atoms with Gasteiger partial charge in [0, 0.05) is 58.7 Å². The maximum absolute atomic E-state index is 6.31. The number of hydrogen-bond donors (Lipinski definition) is 0. The van der Waals surface area contributed by atoms with Gasteiger partial charge in [0.05, 0.1) is 0 Å². The van der Waals surface area contributed by atoms with Crippen LogP contribution in [0.15, 0.2) is 138 Å². The summed E-state index contributed by atoms with van der Waals surface area (Å²) in [5.41, 5.74) is 4.42. The molecule has 10 aromatic rings. The van der Waals surface area contributed by atoms with E-state index in [0.717, 1.165) is 54.8 Å². The third kappa shape index (κ3) is 4.24.